The molecule has 1 saturated heterocycles. The predicted molar refractivity (Wildman–Crippen MR) is 48.3 cm³/mol. The summed E-state index contributed by atoms with van der Waals surface area (Å²) in [4.78, 5) is 0. The molecule has 12 heavy (non-hydrogen) atoms. The lowest BCUT2D eigenvalue weighted by atomic mass is 9.80. The first-order chi connectivity index (χ1) is 5.55. The van der Waals surface area contributed by atoms with Crippen LogP contribution in [0.3, 0.4) is 0 Å². The lowest BCUT2D eigenvalue weighted by Crippen LogP contribution is -2.38. The molecule has 0 atom stereocenters. The van der Waals surface area contributed by atoms with Crippen molar-refractivity contribution in [1.82, 2.24) is 4.22 Å². The third kappa shape index (κ3) is 2.09. The van der Waals surface area contributed by atoms with Gasteiger partial charge in [-0.15, -0.1) is 6.58 Å². The molecule has 1 aliphatic rings. The van der Waals surface area contributed by atoms with Gasteiger partial charge < -0.3 is 4.65 Å². The summed E-state index contributed by atoms with van der Waals surface area (Å²) in [5.74, 6) is 0. The highest BCUT2D eigenvalue weighted by molar-refractivity contribution is 7.89. The number of allylic oxidation sites excluding steroid dienone is 1. The third-order valence-corrected chi connectivity index (χ3v) is 3.01. The van der Waals surface area contributed by atoms with Crippen LogP contribution in [0.15, 0.2) is 12.7 Å². The Kier molecular flexibility index (Phi) is 2.92. The van der Waals surface area contributed by atoms with E-state index in [2.05, 4.69) is 6.58 Å². The molecule has 0 radical (unpaired) electrons. The Hall–Kier alpha value is -0.325. The number of nitrogens with zero attached hydrogens (tertiary/aromatic N) is 1. The normalized spacial score (nSPS) is 19.9. The van der Waals surface area contributed by atoms with E-state index < -0.39 is 10.0 Å². The third-order valence-electron chi connectivity index (χ3n) is 1.74. The second kappa shape index (κ2) is 3.59. The Morgan fingerprint density at radius 3 is 2.92 bits per heavy atom. The van der Waals surface area contributed by atoms with E-state index >= 15 is 0 Å². The van der Waals surface area contributed by atoms with E-state index in [1.165, 1.54) is 10.5 Å². The molecule has 68 valence electrons. The van der Waals surface area contributed by atoms with Gasteiger partial charge in [0.25, 0.3) is 0 Å². The van der Waals surface area contributed by atoms with Gasteiger partial charge in [0.05, 0.1) is 6.26 Å². The lowest BCUT2D eigenvalue weighted by Gasteiger charge is -2.15. The molecule has 0 aromatic heterocycles. The molecule has 0 aliphatic carbocycles. The van der Waals surface area contributed by atoms with Gasteiger partial charge in [-0.05, 0) is 6.32 Å². The van der Waals surface area contributed by atoms with Crippen molar-refractivity contribution in [2.24, 2.45) is 0 Å². The lowest BCUT2D eigenvalue weighted by molar-refractivity contribution is 0.371. The summed E-state index contributed by atoms with van der Waals surface area (Å²) < 4.78 is 28.8. The summed E-state index contributed by atoms with van der Waals surface area (Å²) in [7, 11) is -3.45. The Labute approximate surface area is 73.4 Å². The average molecular weight is 189 g/mol. The van der Waals surface area contributed by atoms with Crippen LogP contribution in [0.5, 0.6) is 0 Å². The topological polar surface area (TPSA) is 46.6 Å². The largest absolute Gasteiger partial charge is 0.419 e. The van der Waals surface area contributed by atoms with E-state index in [0.717, 1.165) is 0 Å². The maximum Gasteiger partial charge on any atom is 0.400 e. The summed E-state index contributed by atoms with van der Waals surface area (Å²) in [6.07, 6.45) is 3.40. The van der Waals surface area contributed by atoms with E-state index in [1.807, 2.05) is 0 Å². The molecule has 0 bridgehead atoms. The monoisotopic (exact) mass is 189 g/mol. The summed E-state index contributed by atoms with van der Waals surface area (Å²) in [6.45, 7) is 4.47. The van der Waals surface area contributed by atoms with Crippen LogP contribution >= 0.6 is 0 Å². The number of sulfonamides is 1. The Morgan fingerprint density at radius 2 is 2.42 bits per heavy atom. The van der Waals surface area contributed by atoms with Crippen LogP contribution in [-0.4, -0.2) is 39.1 Å². The van der Waals surface area contributed by atoms with E-state index in [0.29, 0.717) is 19.5 Å². The van der Waals surface area contributed by atoms with Crippen molar-refractivity contribution in [2.75, 3.05) is 19.4 Å². The molecule has 0 N–H and O–H groups in total. The molecule has 4 nitrogen and oxygen atoms in total. The molecule has 0 saturated carbocycles. The molecule has 0 spiro atoms. The van der Waals surface area contributed by atoms with Gasteiger partial charge >= 0.3 is 7.05 Å². The van der Waals surface area contributed by atoms with Crippen molar-refractivity contribution in [1.29, 1.82) is 0 Å². The maximum atomic E-state index is 11.1. The zero-order valence-electron chi connectivity index (χ0n) is 7.06. The minimum Gasteiger partial charge on any atom is -0.419 e. The van der Waals surface area contributed by atoms with Gasteiger partial charge in [-0.25, -0.2) is 12.6 Å². The van der Waals surface area contributed by atoms with E-state index in [4.69, 9.17) is 4.65 Å². The van der Waals surface area contributed by atoms with Crippen molar-refractivity contribution in [3.8, 4) is 0 Å². The molecule has 1 aliphatic heterocycles. The van der Waals surface area contributed by atoms with E-state index in [1.54, 1.807) is 6.08 Å². The number of rotatable bonds is 3. The first-order valence-corrected chi connectivity index (χ1v) is 5.60. The van der Waals surface area contributed by atoms with Crippen molar-refractivity contribution >= 4 is 17.1 Å². The van der Waals surface area contributed by atoms with Gasteiger partial charge in [0, 0.05) is 13.2 Å². The van der Waals surface area contributed by atoms with Crippen LogP contribution in [0.4, 0.5) is 0 Å². The summed E-state index contributed by atoms with van der Waals surface area (Å²) >= 11 is 0. The Balaban J connectivity index is 2.70. The Morgan fingerprint density at radius 1 is 1.75 bits per heavy atom. The molecule has 1 rings (SSSR count). The molecule has 1 fully saturated rings. The molecular weight excluding hydrogens is 177 g/mol. The minimum absolute atomic E-state index is 0.336. The molecule has 0 aromatic rings. The fraction of sp³-hybridized carbons (Fsp3) is 0.667. The zero-order chi connectivity index (χ0) is 9.19. The second-order valence-corrected chi connectivity index (χ2v) is 4.66. The van der Waals surface area contributed by atoms with Gasteiger partial charge in [0.2, 0.25) is 10.0 Å². The van der Waals surface area contributed by atoms with Crippen molar-refractivity contribution in [2.45, 2.75) is 6.32 Å². The van der Waals surface area contributed by atoms with Crippen molar-refractivity contribution in [3.63, 3.8) is 0 Å². The number of hydrogen-bond acceptors (Lipinski definition) is 3. The second-order valence-electron chi connectivity index (χ2n) is 2.72. The number of hydrogen-bond donors (Lipinski definition) is 0. The average Bonchev–Trinajstić information content (AvgIpc) is 2.34. The smallest absolute Gasteiger partial charge is 0.400 e. The summed E-state index contributed by atoms with van der Waals surface area (Å²) in [5.41, 5.74) is 0. The fourth-order valence-electron chi connectivity index (χ4n) is 1.21. The van der Waals surface area contributed by atoms with Gasteiger partial charge in [-0.1, -0.05) is 6.08 Å². The summed E-state index contributed by atoms with van der Waals surface area (Å²) in [5, 5.41) is 0. The van der Waals surface area contributed by atoms with Crippen molar-refractivity contribution < 1.29 is 13.1 Å². The standard InChI is InChI=1S/C6H12BNO3S/c1-3-4-7-8(5-6-11-7)12(2,9)10/h3H,1,4-6H2,2H3. The van der Waals surface area contributed by atoms with Gasteiger partial charge in [0.15, 0.2) is 0 Å². The van der Waals surface area contributed by atoms with Crippen molar-refractivity contribution in [3.05, 3.63) is 12.7 Å². The van der Waals surface area contributed by atoms with Crippen LogP contribution < -0.4 is 0 Å². The fourth-order valence-corrected chi connectivity index (χ4v) is 2.19. The molecule has 0 aromatic carbocycles. The van der Waals surface area contributed by atoms with Crippen LogP contribution in [0.1, 0.15) is 0 Å². The predicted octanol–water partition coefficient (Wildman–Crippen LogP) is -0.0476. The highest BCUT2D eigenvalue weighted by Gasteiger charge is 2.35. The van der Waals surface area contributed by atoms with Gasteiger partial charge in [-0.2, -0.15) is 0 Å². The molecule has 6 heteroatoms. The van der Waals surface area contributed by atoms with Crippen LogP contribution in [0.2, 0.25) is 6.32 Å². The quantitative estimate of drug-likeness (QED) is 0.462. The first-order valence-electron chi connectivity index (χ1n) is 3.75. The van der Waals surface area contributed by atoms with E-state index in [-0.39, 0.29) is 7.05 Å². The SMILES string of the molecule is C=CCB1OCCN1S(C)(=O)=O. The molecule has 0 amide bonds. The molecule has 1 heterocycles. The zero-order valence-corrected chi connectivity index (χ0v) is 7.88. The van der Waals surface area contributed by atoms with Crippen LogP contribution in [-0.2, 0) is 14.7 Å². The van der Waals surface area contributed by atoms with E-state index in [9.17, 15) is 8.42 Å². The van der Waals surface area contributed by atoms with Crippen LogP contribution in [0.25, 0.3) is 0 Å². The summed E-state index contributed by atoms with van der Waals surface area (Å²) in [6, 6.07) is 0. The first kappa shape index (κ1) is 9.76. The molecular formula is C6H12BNO3S. The van der Waals surface area contributed by atoms with Gasteiger partial charge in [0.1, 0.15) is 0 Å². The Bertz CT molecular complexity index is 264. The maximum absolute atomic E-state index is 11.1. The minimum atomic E-state index is -3.11. The highest BCUT2D eigenvalue weighted by atomic mass is 32.2. The van der Waals surface area contributed by atoms with Crippen LogP contribution in [0, 0.1) is 0 Å². The molecule has 0 unspecified atom stereocenters. The van der Waals surface area contributed by atoms with Gasteiger partial charge in [-0.3, -0.25) is 0 Å². The highest BCUT2D eigenvalue weighted by Crippen LogP contribution is 2.13.